The highest BCUT2D eigenvalue weighted by molar-refractivity contribution is 7.88. The molecule has 1 aromatic rings. The SMILES string of the molecule is CS(=O)(=O)N1CCC(C(=O)NC(C(=O)O)c2ccc(Cl)cc2)CC1. The van der Waals surface area contributed by atoms with Crippen LogP contribution in [-0.2, 0) is 19.6 Å². The highest BCUT2D eigenvalue weighted by Crippen LogP contribution is 2.22. The maximum absolute atomic E-state index is 12.3. The van der Waals surface area contributed by atoms with Crippen LogP contribution in [0.25, 0.3) is 0 Å². The Morgan fingerprint density at radius 2 is 1.79 bits per heavy atom. The monoisotopic (exact) mass is 374 g/mol. The molecule has 1 fully saturated rings. The van der Waals surface area contributed by atoms with Crippen LogP contribution in [0.4, 0.5) is 0 Å². The molecule has 1 unspecified atom stereocenters. The first-order valence-corrected chi connectivity index (χ1v) is 9.65. The number of nitrogens with zero attached hydrogens (tertiary/aromatic N) is 1. The molecular weight excluding hydrogens is 356 g/mol. The van der Waals surface area contributed by atoms with E-state index in [4.69, 9.17) is 11.6 Å². The van der Waals surface area contributed by atoms with Gasteiger partial charge >= 0.3 is 5.97 Å². The number of rotatable bonds is 5. The van der Waals surface area contributed by atoms with E-state index in [-0.39, 0.29) is 19.0 Å². The summed E-state index contributed by atoms with van der Waals surface area (Å²) in [7, 11) is -3.26. The molecule has 1 aliphatic heterocycles. The van der Waals surface area contributed by atoms with E-state index in [1.165, 1.54) is 4.31 Å². The number of carboxylic acid groups (broad SMARTS) is 1. The molecule has 7 nitrogen and oxygen atoms in total. The summed E-state index contributed by atoms with van der Waals surface area (Å²) in [6, 6.07) is 5.05. The van der Waals surface area contributed by atoms with Crippen molar-refractivity contribution in [2.75, 3.05) is 19.3 Å². The van der Waals surface area contributed by atoms with Gasteiger partial charge in [-0.15, -0.1) is 0 Å². The van der Waals surface area contributed by atoms with E-state index in [0.717, 1.165) is 6.26 Å². The van der Waals surface area contributed by atoms with E-state index < -0.39 is 28.0 Å². The summed E-state index contributed by atoms with van der Waals surface area (Å²) >= 11 is 5.79. The Bertz CT molecular complexity index is 712. The molecule has 1 saturated heterocycles. The Labute approximate surface area is 145 Å². The third kappa shape index (κ3) is 4.68. The van der Waals surface area contributed by atoms with Gasteiger partial charge in [0.15, 0.2) is 6.04 Å². The van der Waals surface area contributed by atoms with Crippen LogP contribution in [0.15, 0.2) is 24.3 Å². The van der Waals surface area contributed by atoms with Crippen LogP contribution < -0.4 is 5.32 Å². The zero-order valence-corrected chi connectivity index (χ0v) is 14.7. The molecule has 0 spiro atoms. The summed E-state index contributed by atoms with van der Waals surface area (Å²) in [5.74, 6) is -1.96. The Morgan fingerprint density at radius 1 is 1.25 bits per heavy atom. The van der Waals surface area contributed by atoms with Crippen molar-refractivity contribution in [2.45, 2.75) is 18.9 Å². The lowest BCUT2D eigenvalue weighted by atomic mass is 9.96. The molecule has 1 atom stereocenters. The van der Waals surface area contributed by atoms with Gasteiger partial charge in [-0.1, -0.05) is 23.7 Å². The van der Waals surface area contributed by atoms with Crippen molar-refractivity contribution in [3.05, 3.63) is 34.9 Å². The van der Waals surface area contributed by atoms with Gasteiger partial charge in [-0.3, -0.25) is 4.79 Å². The smallest absolute Gasteiger partial charge is 0.330 e. The number of piperidine rings is 1. The van der Waals surface area contributed by atoms with Gasteiger partial charge in [0, 0.05) is 24.0 Å². The molecule has 2 rings (SSSR count). The van der Waals surface area contributed by atoms with Crippen molar-refractivity contribution < 1.29 is 23.1 Å². The molecule has 1 heterocycles. The second kappa shape index (κ2) is 7.50. The first kappa shape index (κ1) is 18.7. The number of carbonyl (C=O) groups excluding carboxylic acids is 1. The first-order valence-electron chi connectivity index (χ1n) is 7.42. The molecule has 132 valence electrons. The average molecular weight is 375 g/mol. The van der Waals surface area contributed by atoms with Crippen molar-refractivity contribution in [1.29, 1.82) is 0 Å². The highest BCUT2D eigenvalue weighted by Gasteiger charge is 2.31. The van der Waals surface area contributed by atoms with Crippen LogP contribution in [0.1, 0.15) is 24.4 Å². The van der Waals surface area contributed by atoms with Gasteiger partial charge in [-0.25, -0.2) is 17.5 Å². The van der Waals surface area contributed by atoms with Gasteiger partial charge in [-0.05, 0) is 30.5 Å². The maximum Gasteiger partial charge on any atom is 0.330 e. The third-order valence-corrected chi connectivity index (χ3v) is 5.59. The van der Waals surface area contributed by atoms with Gasteiger partial charge in [0.05, 0.1) is 6.26 Å². The van der Waals surface area contributed by atoms with Crippen molar-refractivity contribution >= 4 is 33.5 Å². The van der Waals surface area contributed by atoms with Gasteiger partial charge in [-0.2, -0.15) is 0 Å². The fourth-order valence-corrected chi connectivity index (χ4v) is 3.65. The Hall–Kier alpha value is -1.64. The summed E-state index contributed by atoms with van der Waals surface area (Å²) in [4.78, 5) is 23.8. The molecule has 1 aliphatic rings. The lowest BCUT2D eigenvalue weighted by Gasteiger charge is -2.30. The van der Waals surface area contributed by atoms with Crippen molar-refractivity contribution in [3.8, 4) is 0 Å². The second-order valence-electron chi connectivity index (χ2n) is 5.77. The normalized spacial score (nSPS) is 18.1. The summed E-state index contributed by atoms with van der Waals surface area (Å²) in [5, 5.41) is 12.4. The number of carboxylic acids is 1. The van der Waals surface area contributed by atoms with E-state index in [0.29, 0.717) is 23.4 Å². The number of nitrogens with one attached hydrogen (secondary N) is 1. The first-order chi connectivity index (χ1) is 11.2. The number of carbonyl (C=O) groups is 2. The Morgan fingerprint density at radius 3 is 2.25 bits per heavy atom. The minimum absolute atomic E-state index is 0.260. The molecule has 24 heavy (non-hydrogen) atoms. The molecule has 0 radical (unpaired) electrons. The van der Waals surface area contributed by atoms with Crippen LogP contribution in [-0.4, -0.2) is 49.1 Å². The predicted octanol–water partition coefficient (Wildman–Crippen LogP) is 1.25. The topological polar surface area (TPSA) is 104 Å². The zero-order chi connectivity index (χ0) is 17.9. The van der Waals surface area contributed by atoms with E-state index in [2.05, 4.69) is 5.32 Å². The predicted molar refractivity (Wildman–Crippen MR) is 89.1 cm³/mol. The maximum atomic E-state index is 12.3. The number of benzene rings is 1. The van der Waals surface area contributed by atoms with Gasteiger partial charge < -0.3 is 10.4 Å². The molecule has 2 N–H and O–H groups in total. The minimum Gasteiger partial charge on any atom is -0.479 e. The molecule has 0 saturated carbocycles. The van der Waals surface area contributed by atoms with Crippen molar-refractivity contribution in [2.24, 2.45) is 5.92 Å². The van der Waals surface area contributed by atoms with Gasteiger partial charge in [0.2, 0.25) is 15.9 Å². The number of hydrogen-bond donors (Lipinski definition) is 2. The number of amides is 1. The zero-order valence-electron chi connectivity index (χ0n) is 13.1. The summed E-state index contributed by atoms with van der Waals surface area (Å²) < 4.78 is 24.3. The molecule has 1 amide bonds. The van der Waals surface area contributed by atoms with E-state index >= 15 is 0 Å². The van der Waals surface area contributed by atoms with Crippen LogP contribution in [0.5, 0.6) is 0 Å². The van der Waals surface area contributed by atoms with Gasteiger partial charge in [0.1, 0.15) is 0 Å². The number of sulfonamides is 1. The summed E-state index contributed by atoms with van der Waals surface area (Å²) in [5.41, 5.74) is 0.425. The molecular formula is C15H19ClN2O5S. The quantitative estimate of drug-likeness (QED) is 0.807. The fourth-order valence-electron chi connectivity index (χ4n) is 2.65. The lowest BCUT2D eigenvalue weighted by molar-refractivity contribution is -0.142. The number of halogens is 1. The molecule has 0 aromatic heterocycles. The lowest BCUT2D eigenvalue weighted by Crippen LogP contribution is -2.44. The fraction of sp³-hybridized carbons (Fsp3) is 0.467. The summed E-state index contributed by atoms with van der Waals surface area (Å²) in [6.45, 7) is 0.519. The molecule has 1 aromatic carbocycles. The Kier molecular flexibility index (Phi) is 5.84. The van der Waals surface area contributed by atoms with Crippen LogP contribution in [0, 0.1) is 5.92 Å². The number of aliphatic carboxylic acids is 1. The molecule has 0 aliphatic carbocycles. The summed E-state index contributed by atoms with van der Waals surface area (Å²) in [6.07, 6.45) is 1.87. The van der Waals surface area contributed by atoms with Crippen LogP contribution in [0.3, 0.4) is 0 Å². The highest BCUT2D eigenvalue weighted by atomic mass is 35.5. The second-order valence-corrected chi connectivity index (χ2v) is 8.19. The van der Waals surface area contributed by atoms with E-state index in [9.17, 15) is 23.1 Å². The van der Waals surface area contributed by atoms with E-state index in [1.807, 2.05) is 0 Å². The minimum atomic E-state index is -3.26. The number of hydrogen-bond acceptors (Lipinski definition) is 4. The average Bonchev–Trinajstić information content (AvgIpc) is 2.52. The third-order valence-electron chi connectivity index (χ3n) is 4.03. The van der Waals surface area contributed by atoms with E-state index in [1.54, 1.807) is 24.3 Å². The molecule has 0 bridgehead atoms. The largest absolute Gasteiger partial charge is 0.479 e. The van der Waals surface area contributed by atoms with Crippen LogP contribution in [0.2, 0.25) is 5.02 Å². The van der Waals surface area contributed by atoms with Crippen molar-refractivity contribution in [3.63, 3.8) is 0 Å². The Balaban J connectivity index is 2.02. The molecule has 9 heteroatoms. The van der Waals surface area contributed by atoms with Gasteiger partial charge in [0.25, 0.3) is 0 Å². The van der Waals surface area contributed by atoms with Crippen molar-refractivity contribution in [1.82, 2.24) is 9.62 Å². The van der Waals surface area contributed by atoms with Crippen LogP contribution >= 0.6 is 11.6 Å². The standard InChI is InChI=1S/C15H19ClN2O5S/c1-24(22,23)18-8-6-11(7-9-18)14(19)17-13(15(20)21)10-2-4-12(16)5-3-10/h2-5,11,13H,6-9H2,1H3,(H,17,19)(H,20,21).